The van der Waals surface area contributed by atoms with E-state index in [2.05, 4.69) is 24.1 Å². The SMILES string of the molecule is CC(O)CC(C)NC1CC(C)N(C2CC2)C1. The van der Waals surface area contributed by atoms with Gasteiger partial charge < -0.3 is 10.4 Å². The number of rotatable bonds is 5. The second-order valence-electron chi connectivity index (χ2n) is 5.86. The molecule has 4 unspecified atom stereocenters. The third-order valence-electron chi connectivity index (χ3n) is 3.85. The number of likely N-dealkylation sites (tertiary alicyclic amines) is 1. The summed E-state index contributed by atoms with van der Waals surface area (Å²) in [7, 11) is 0. The Hall–Kier alpha value is -0.120. The average Bonchev–Trinajstić information content (AvgIpc) is 2.90. The van der Waals surface area contributed by atoms with E-state index in [1.165, 1.54) is 25.8 Å². The summed E-state index contributed by atoms with van der Waals surface area (Å²) < 4.78 is 0. The van der Waals surface area contributed by atoms with E-state index in [0.29, 0.717) is 12.1 Å². The minimum Gasteiger partial charge on any atom is -0.393 e. The van der Waals surface area contributed by atoms with Crippen LogP contribution in [0.15, 0.2) is 0 Å². The molecule has 2 aliphatic rings. The monoisotopic (exact) mass is 226 g/mol. The van der Waals surface area contributed by atoms with Gasteiger partial charge in [-0.05, 0) is 46.5 Å². The van der Waals surface area contributed by atoms with Crippen molar-refractivity contribution in [1.82, 2.24) is 10.2 Å². The largest absolute Gasteiger partial charge is 0.393 e. The molecule has 0 aromatic rings. The molecule has 94 valence electrons. The van der Waals surface area contributed by atoms with E-state index in [1.807, 2.05) is 6.92 Å². The topological polar surface area (TPSA) is 35.5 Å². The quantitative estimate of drug-likeness (QED) is 0.743. The molecule has 0 aromatic heterocycles. The van der Waals surface area contributed by atoms with E-state index in [1.54, 1.807) is 0 Å². The lowest BCUT2D eigenvalue weighted by molar-refractivity contribution is 0.167. The molecule has 0 bridgehead atoms. The van der Waals surface area contributed by atoms with Crippen molar-refractivity contribution in [2.45, 2.75) is 76.7 Å². The van der Waals surface area contributed by atoms with Gasteiger partial charge >= 0.3 is 0 Å². The van der Waals surface area contributed by atoms with Crippen molar-refractivity contribution >= 4 is 0 Å². The van der Waals surface area contributed by atoms with Crippen LogP contribution in [0.1, 0.15) is 46.5 Å². The second-order valence-corrected chi connectivity index (χ2v) is 5.86. The summed E-state index contributed by atoms with van der Waals surface area (Å²) in [4.78, 5) is 2.66. The maximum absolute atomic E-state index is 9.35. The van der Waals surface area contributed by atoms with Crippen molar-refractivity contribution in [3.8, 4) is 0 Å². The summed E-state index contributed by atoms with van der Waals surface area (Å²) in [5.74, 6) is 0. The lowest BCUT2D eigenvalue weighted by atomic mass is 10.1. The number of nitrogens with zero attached hydrogens (tertiary/aromatic N) is 1. The zero-order valence-corrected chi connectivity index (χ0v) is 10.8. The van der Waals surface area contributed by atoms with E-state index >= 15 is 0 Å². The normalized spacial score (nSPS) is 35.2. The van der Waals surface area contributed by atoms with Crippen LogP contribution in [0.25, 0.3) is 0 Å². The van der Waals surface area contributed by atoms with Gasteiger partial charge in [0.15, 0.2) is 0 Å². The lowest BCUT2D eigenvalue weighted by Gasteiger charge is -2.21. The highest BCUT2D eigenvalue weighted by Gasteiger charge is 2.38. The van der Waals surface area contributed by atoms with Gasteiger partial charge in [0, 0.05) is 30.7 Å². The molecule has 0 aromatic carbocycles. The molecular weight excluding hydrogens is 200 g/mol. The maximum Gasteiger partial charge on any atom is 0.0526 e. The molecule has 1 aliphatic carbocycles. The first-order valence-electron chi connectivity index (χ1n) is 6.76. The summed E-state index contributed by atoms with van der Waals surface area (Å²) in [6.07, 6.45) is 4.73. The first-order chi connectivity index (χ1) is 7.56. The molecule has 0 spiro atoms. The van der Waals surface area contributed by atoms with Crippen LogP contribution in [-0.2, 0) is 0 Å². The highest BCUT2D eigenvalue weighted by atomic mass is 16.3. The summed E-state index contributed by atoms with van der Waals surface area (Å²) in [6.45, 7) is 7.60. The number of hydrogen-bond acceptors (Lipinski definition) is 3. The van der Waals surface area contributed by atoms with E-state index in [9.17, 15) is 5.11 Å². The Morgan fingerprint density at radius 1 is 1.38 bits per heavy atom. The molecule has 4 atom stereocenters. The Balaban J connectivity index is 1.74. The molecule has 0 radical (unpaired) electrons. The predicted octanol–water partition coefficient (Wildman–Crippen LogP) is 1.36. The van der Waals surface area contributed by atoms with Gasteiger partial charge in [0.1, 0.15) is 0 Å². The molecule has 1 aliphatic heterocycles. The molecule has 1 saturated carbocycles. The first-order valence-corrected chi connectivity index (χ1v) is 6.76. The van der Waals surface area contributed by atoms with E-state index < -0.39 is 0 Å². The Morgan fingerprint density at radius 3 is 2.62 bits per heavy atom. The first kappa shape index (κ1) is 12.3. The Morgan fingerprint density at radius 2 is 2.06 bits per heavy atom. The van der Waals surface area contributed by atoms with Gasteiger partial charge in [0.25, 0.3) is 0 Å². The van der Waals surface area contributed by atoms with Gasteiger partial charge in [0.05, 0.1) is 6.10 Å². The standard InChI is InChI=1S/C13H26N2O/c1-9(6-11(3)16)14-12-7-10(2)15(8-12)13-4-5-13/h9-14,16H,4-8H2,1-3H3. The van der Waals surface area contributed by atoms with Crippen LogP contribution in [0.4, 0.5) is 0 Å². The number of aliphatic hydroxyl groups excluding tert-OH is 1. The van der Waals surface area contributed by atoms with E-state index in [0.717, 1.165) is 18.5 Å². The van der Waals surface area contributed by atoms with Gasteiger partial charge in [0.2, 0.25) is 0 Å². The summed E-state index contributed by atoms with van der Waals surface area (Å²) in [5, 5.41) is 13.0. The molecule has 3 heteroatoms. The smallest absolute Gasteiger partial charge is 0.0526 e. The van der Waals surface area contributed by atoms with Crippen LogP contribution in [0.5, 0.6) is 0 Å². The van der Waals surface area contributed by atoms with Gasteiger partial charge in [-0.1, -0.05) is 0 Å². The van der Waals surface area contributed by atoms with Crippen LogP contribution in [0, 0.1) is 0 Å². The molecule has 2 rings (SSSR count). The Bertz CT molecular complexity index is 228. The maximum atomic E-state index is 9.35. The van der Waals surface area contributed by atoms with Crippen molar-refractivity contribution in [3.63, 3.8) is 0 Å². The van der Waals surface area contributed by atoms with Gasteiger partial charge in [-0.25, -0.2) is 0 Å². The van der Waals surface area contributed by atoms with Crippen molar-refractivity contribution < 1.29 is 5.11 Å². The third kappa shape index (κ3) is 3.19. The predicted molar refractivity (Wildman–Crippen MR) is 66.5 cm³/mol. The van der Waals surface area contributed by atoms with Crippen molar-refractivity contribution in [2.75, 3.05) is 6.54 Å². The molecule has 1 heterocycles. The van der Waals surface area contributed by atoms with Gasteiger partial charge in [-0.2, -0.15) is 0 Å². The second kappa shape index (κ2) is 5.03. The fourth-order valence-electron chi connectivity index (χ4n) is 3.07. The fourth-order valence-corrected chi connectivity index (χ4v) is 3.07. The van der Waals surface area contributed by atoms with Crippen molar-refractivity contribution in [3.05, 3.63) is 0 Å². The van der Waals surface area contributed by atoms with E-state index in [-0.39, 0.29) is 6.10 Å². The fraction of sp³-hybridized carbons (Fsp3) is 1.00. The average molecular weight is 226 g/mol. The summed E-state index contributed by atoms with van der Waals surface area (Å²) in [5.41, 5.74) is 0. The third-order valence-corrected chi connectivity index (χ3v) is 3.85. The highest BCUT2D eigenvalue weighted by Crippen LogP contribution is 2.33. The Labute approximate surface area is 99.2 Å². The molecular formula is C13H26N2O. The van der Waals surface area contributed by atoms with Crippen LogP contribution in [0.3, 0.4) is 0 Å². The molecule has 2 fully saturated rings. The van der Waals surface area contributed by atoms with Gasteiger partial charge in [-0.15, -0.1) is 0 Å². The Kier molecular flexibility index (Phi) is 3.88. The minimum absolute atomic E-state index is 0.194. The molecule has 3 nitrogen and oxygen atoms in total. The van der Waals surface area contributed by atoms with Crippen molar-refractivity contribution in [1.29, 1.82) is 0 Å². The minimum atomic E-state index is -0.194. The van der Waals surface area contributed by atoms with Crippen LogP contribution in [0.2, 0.25) is 0 Å². The van der Waals surface area contributed by atoms with Crippen molar-refractivity contribution in [2.24, 2.45) is 0 Å². The lowest BCUT2D eigenvalue weighted by Crippen LogP contribution is -2.40. The van der Waals surface area contributed by atoms with Crippen LogP contribution >= 0.6 is 0 Å². The number of nitrogens with one attached hydrogen (secondary N) is 1. The molecule has 16 heavy (non-hydrogen) atoms. The molecule has 2 N–H and O–H groups in total. The summed E-state index contributed by atoms with van der Waals surface area (Å²) >= 11 is 0. The molecule has 0 amide bonds. The van der Waals surface area contributed by atoms with Crippen LogP contribution in [-0.4, -0.2) is 46.8 Å². The zero-order valence-electron chi connectivity index (χ0n) is 10.8. The van der Waals surface area contributed by atoms with Gasteiger partial charge in [-0.3, -0.25) is 4.90 Å². The van der Waals surface area contributed by atoms with E-state index in [4.69, 9.17) is 0 Å². The zero-order chi connectivity index (χ0) is 11.7. The summed E-state index contributed by atoms with van der Waals surface area (Å²) in [6, 6.07) is 2.68. The molecule has 1 saturated heterocycles. The number of aliphatic hydroxyl groups is 1. The van der Waals surface area contributed by atoms with Crippen LogP contribution < -0.4 is 5.32 Å². The highest BCUT2D eigenvalue weighted by molar-refractivity contribution is 4.96. The number of hydrogen-bond donors (Lipinski definition) is 2.